The standard InChI is InChI=1S/C20H22ClNO3/c1-12-9-13(2)18(14(3)10-12)20(24)25-15(4)19(23)22-11-16-5-7-17(21)8-6-16/h5-10,15H,11H2,1-4H3,(H,22,23). The van der Waals surface area contributed by atoms with Crippen molar-refractivity contribution in [2.24, 2.45) is 0 Å². The highest BCUT2D eigenvalue weighted by Crippen LogP contribution is 2.18. The van der Waals surface area contributed by atoms with Crippen molar-refractivity contribution in [3.8, 4) is 0 Å². The molecule has 1 amide bonds. The van der Waals surface area contributed by atoms with Crippen LogP contribution < -0.4 is 5.32 Å². The van der Waals surface area contributed by atoms with Crippen LogP contribution in [0, 0.1) is 20.8 Å². The molecule has 0 aliphatic heterocycles. The number of halogens is 1. The molecule has 0 radical (unpaired) electrons. The number of hydrogen-bond donors (Lipinski definition) is 1. The zero-order chi connectivity index (χ0) is 18.6. The molecule has 1 atom stereocenters. The molecule has 0 saturated carbocycles. The Morgan fingerprint density at radius 3 is 2.20 bits per heavy atom. The summed E-state index contributed by atoms with van der Waals surface area (Å²) in [4.78, 5) is 24.6. The molecule has 0 heterocycles. The van der Waals surface area contributed by atoms with Crippen molar-refractivity contribution < 1.29 is 14.3 Å². The van der Waals surface area contributed by atoms with Gasteiger partial charge in [-0.15, -0.1) is 0 Å². The van der Waals surface area contributed by atoms with Gasteiger partial charge in [-0.05, 0) is 56.5 Å². The van der Waals surface area contributed by atoms with Crippen molar-refractivity contribution in [1.29, 1.82) is 0 Å². The van der Waals surface area contributed by atoms with Crippen LogP contribution in [0.4, 0.5) is 0 Å². The Balaban J connectivity index is 1.96. The first-order valence-corrected chi connectivity index (χ1v) is 8.46. The summed E-state index contributed by atoms with van der Waals surface area (Å²) in [5.41, 5.74) is 4.21. The van der Waals surface area contributed by atoms with E-state index in [0.29, 0.717) is 17.1 Å². The summed E-state index contributed by atoms with van der Waals surface area (Å²) < 4.78 is 5.34. The second kappa shape index (κ2) is 8.17. The van der Waals surface area contributed by atoms with Gasteiger partial charge >= 0.3 is 5.97 Å². The Labute approximate surface area is 153 Å². The van der Waals surface area contributed by atoms with Crippen LogP contribution in [0.1, 0.15) is 39.5 Å². The normalized spacial score (nSPS) is 11.7. The minimum atomic E-state index is -0.875. The number of hydrogen-bond acceptors (Lipinski definition) is 3. The fraction of sp³-hybridized carbons (Fsp3) is 0.300. The van der Waals surface area contributed by atoms with Gasteiger partial charge in [0.2, 0.25) is 0 Å². The van der Waals surface area contributed by atoms with Gasteiger partial charge in [-0.25, -0.2) is 4.79 Å². The number of carbonyl (C=O) groups is 2. The highest BCUT2D eigenvalue weighted by atomic mass is 35.5. The molecular weight excluding hydrogens is 338 g/mol. The van der Waals surface area contributed by atoms with Gasteiger partial charge in [-0.2, -0.15) is 0 Å². The number of esters is 1. The van der Waals surface area contributed by atoms with Gasteiger partial charge in [0, 0.05) is 11.6 Å². The number of nitrogens with one attached hydrogen (secondary N) is 1. The summed E-state index contributed by atoms with van der Waals surface area (Å²) in [7, 11) is 0. The molecule has 1 N–H and O–H groups in total. The lowest BCUT2D eigenvalue weighted by Gasteiger charge is -2.16. The van der Waals surface area contributed by atoms with Crippen molar-refractivity contribution in [3.05, 3.63) is 69.2 Å². The van der Waals surface area contributed by atoms with E-state index in [1.165, 1.54) is 0 Å². The van der Waals surface area contributed by atoms with Crippen LogP contribution in [0.5, 0.6) is 0 Å². The number of benzene rings is 2. The molecule has 0 bridgehead atoms. The first-order valence-electron chi connectivity index (χ1n) is 8.09. The van der Waals surface area contributed by atoms with Gasteiger partial charge in [-0.3, -0.25) is 4.79 Å². The van der Waals surface area contributed by atoms with Gasteiger partial charge in [0.25, 0.3) is 5.91 Å². The second-order valence-corrected chi connectivity index (χ2v) is 6.60. The van der Waals surface area contributed by atoms with E-state index >= 15 is 0 Å². The van der Waals surface area contributed by atoms with Crippen molar-refractivity contribution in [2.75, 3.05) is 0 Å². The van der Waals surface area contributed by atoms with Crippen molar-refractivity contribution in [1.82, 2.24) is 5.32 Å². The summed E-state index contributed by atoms with van der Waals surface area (Å²) in [6, 6.07) is 11.0. The number of aryl methyl sites for hydroxylation is 3. The summed E-state index contributed by atoms with van der Waals surface area (Å²) in [5.74, 6) is -0.824. The zero-order valence-electron chi connectivity index (χ0n) is 14.9. The lowest BCUT2D eigenvalue weighted by molar-refractivity contribution is -0.129. The SMILES string of the molecule is Cc1cc(C)c(C(=O)OC(C)C(=O)NCc2ccc(Cl)cc2)c(C)c1. The Kier molecular flexibility index (Phi) is 6.21. The number of ether oxygens (including phenoxy) is 1. The minimum Gasteiger partial charge on any atom is -0.449 e. The molecule has 0 aromatic heterocycles. The maximum absolute atomic E-state index is 12.4. The molecule has 1 unspecified atom stereocenters. The molecular formula is C20H22ClNO3. The lowest BCUT2D eigenvalue weighted by atomic mass is 10.00. The van der Waals surface area contributed by atoms with Crippen molar-refractivity contribution >= 4 is 23.5 Å². The Morgan fingerprint density at radius 2 is 1.64 bits per heavy atom. The third kappa shape index (κ3) is 5.07. The summed E-state index contributed by atoms with van der Waals surface area (Å²) in [5, 5.41) is 3.39. The van der Waals surface area contributed by atoms with Gasteiger partial charge in [0.1, 0.15) is 0 Å². The number of amides is 1. The third-order valence-corrected chi connectivity index (χ3v) is 4.17. The lowest BCUT2D eigenvalue weighted by Crippen LogP contribution is -2.35. The molecule has 0 aliphatic rings. The largest absolute Gasteiger partial charge is 0.449 e. The van der Waals surface area contributed by atoms with Crippen LogP contribution in [0.15, 0.2) is 36.4 Å². The first kappa shape index (κ1) is 19.0. The van der Waals surface area contributed by atoms with E-state index in [2.05, 4.69) is 5.32 Å². The second-order valence-electron chi connectivity index (χ2n) is 6.17. The van der Waals surface area contributed by atoms with E-state index in [1.807, 2.05) is 45.0 Å². The fourth-order valence-electron chi connectivity index (χ4n) is 2.71. The molecule has 4 nitrogen and oxygen atoms in total. The quantitative estimate of drug-likeness (QED) is 0.817. The van der Waals surface area contributed by atoms with Crippen molar-refractivity contribution in [3.63, 3.8) is 0 Å². The predicted octanol–water partition coefficient (Wildman–Crippen LogP) is 4.13. The topological polar surface area (TPSA) is 55.4 Å². The van der Waals surface area contributed by atoms with E-state index in [-0.39, 0.29) is 5.91 Å². The Bertz CT molecular complexity index is 761. The van der Waals surface area contributed by atoms with Gasteiger partial charge < -0.3 is 10.1 Å². The minimum absolute atomic E-state index is 0.342. The van der Waals surface area contributed by atoms with E-state index in [1.54, 1.807) is 19.1 Å². The van der Waals surface area contributed by atoms with Gasteiger partial charge in [-0.1, -0.05) is 41.4 Å². The molecule has 0 aliphatic carbocycles. The van der Waals surface area contributed by atoms with E-state index < -0.39 is 12.1 Å². The maximum Gasteiger partial charge on any atom is 0.339 e. The molecule has 132 valence electrons. The molecule has 25 heavy (non-hydrogen) atoms. The highest BCUT2D eigenvalue weighted by molar-refractivity contribution is 6.30. The zero-order valence-corrected chi connectivity index (χ0v) is 15.6. The predicted molar refractivity (Wildman–Crippen MR) is 98.8 cm³/mol. The third-order valence-electron chi connectivity index (χ3n) is 3.91. The summed E-state index contributed by atoms with van der Waals surface area (Å²) >= 11 is 5.83. The Morgan fingerprint density at radius 1 is 1.08 bits per heavy atom. The average Bonchev–Trinajstić information content (AvgIpc) is 2.52. The number of carbonyl (C=O) groups excluding carboxylic acids is 2. The molecule has 0 spiro atoms. The maximum atomic E-state index is 12.4. The summed E-state index contributed by atoms with van der Waals surface area (Å²) in [6.07, 6.45) is -0.875. The van der Waals surface area contributed by atoms with Crippen LogP contribution in [0.2, 0.25) is 5.02 Å². The molecule has 2 aromatic rings. The molecule has 2 rings (SSSR count). The Hall–Kier alpha value is -2.33. The van der Waals surface area contributed by atoms with E-state index in [4.69, 9.17) is 16.3 Å². The highest BCUT2D eigenvalue weighted by Gasteiger charge is 2.21. The molecule has 0 saturated heterocycles. The molecule has 5 heteroatoms. The van der Waals surface area contributed by atoms with E-state index in [9.17, 15) is 9.59 Å². The van der Waals surface area contributed by atoms with E-state index in [0.717, 1.165) is 22.3 Å². The first-order chi connectivity index (χ1) is 11.8. The summed E-state index contributed by atoms with van der Waals surface area (Å²) in [6.45, 7) is 7.61. The molecule has 2 aromatic carbocycles. The average molecular weight is 360 g/mol. The van der Waals surface area contributed by atoms with Crippen molar-refractivity contribution in [2.45, 2.75) is 40.3 Å². The van der Waals surface area contributed by atoms with Crippen LogP contribution in [-0.4, -0.2) is 18.0 Å². The number of rotatable bonds is 5. The van der Waals surface area contributed by atoms with Crippen LogP contribution in [-0.2, 0) is 16.1 Å². The smallest absolute Gasteiger partial charge is 0.339 e. The van der Waals surface area contributed by atoms with Crippen LogP contribution >= 0.6 is 11.6 Å². The van der Waals surface area contributed by atoms with Gasteiger partial charge in [0.05, 0.1) is 5.56 Å². The monoisotopic (exact) mass is 359 g/mol. The van der Waals surface area contributed by atoms with Gasteiger partial charge in [0.15, 0.2) is 6.10 Å². The van der Waals surface area contributed by atoms with Crippen LogP contribution in [0.3, 0.4) is 0 Å². The van der Waals surface area contributed by atoms with Crippen LogP contribution in [0.25, 0.3) is 0 Å². The molecule has 0 fully saturated rings. The fourth-order valence-corrected chi connectivity index (χ4v) is 2.84.